The van der Waals surface area contributed by atoms with Crippen LogP contribution >= 0.6 is 0 Å². The average molecular weight is 498 g/mol. The molecule has 1 amide bonds. The highest BCUT2D eigenvalue weighted by Gasteiger charge is 2.43. The van der Waals surface area contributed by atoms with Crippen LogP contribution < -0.4 is 9.64 Å². The van der Waals surface area contributed by atoms with Crippen LogP contribution in [0.3, 0.4) is 0 Å². The molecule has 0 saturated heterocycles. The number of rotatable bonds is 7. The Labute approximate surface area is 214 Å². The van der Waals surface area contributed by atoms with Crippen molar-refractivity contribution in [2.45, 2.75) is 26.8 Å². The standard InChI is InChI=1S/C29H27N3O5/c1-4-36-23-16-20(12-15-22(23)33)27-24-25(18-8-6-17(3)7-9-18)30-31-26(24)28(34)32(27)21-13-10-19(11-14-21)29(35)37-5-2/h6-16,27,33H,4-5H2,1-3H3,(H,30,31). The molecule has 3 aromatic carbocycles. The third-order valence-electron chi connectivity index (χ3n) is 6.35. The topological polar surface area (TPSA) is 105 Å². The van der Waals surface area contributed by atoms with Gasteiger partial charge in [-0.25, -0.2) is 4.79 Å². The number of phenolic OH excluding ortho intramolecular Hbond substituents is 1. The number of esters is 1. The molecule has 4 aromatic rings. The van der Waals surface area contributed by atoms with E-state index < -0.39 is 12.0 Å². The van der Waals surface area contributed by atoms with Gasteiger partial charge in [-0.15, -0.1) is 0 Å². The predicted octanol–water partition coefficient (Wildman–Crippen LogP) is 5.42. The van der Waals surface area contributed by atoms with Crippen molar-refractivity contribution in [1.82, 2.24) is 10.2 Å². The monoisotopic (exact) mass is 497 g/mol. The van der Waals surface area contributed by atoms with E-state index in [0.29, 0.717) is 35.0 Å². The summed E-state index contributed by atoms with van der Waals surface area (Å²) in [6.45, 7) is 6.26. The van der Waals surface area contributed by atoms with Gasteiger partial charge in [-0.1, -0.05) is 35.9 Å². The highest BCUT2D eigenvalue weighted by atomic mass is 16.5. The summed E-state index contributed by atoms with van der Waals surface area (Å²) < 4.78 is 10.7. The van der Waals surface area contributed by atoms with Gasteiger partial charge in [0.25, 0.3) is 5.91 Å². The molecule has 0 radical (unpaired) electrons. The first-order valence-electron chi connectivity index (χ1n) is 12.1. The van der Waals surface area contributed by atoms with Crippen LogP contribution in [-0.4, -0.2) is 40.4 Å². The number of hydrogen-bond donors (Lipinski definition) is 2. The minimum atomic E-state index is -0.550. The molecule has 1 aliphatic heterocycles. The van der Waals surface area contributed by atoms with Gasteiger partial charge in [0, 0.05) is 16.8 Å². The van der Waals surface area contributed by atoms with Crippen molar-refractivity contribution < 1.29 is 24.2 Å². The van der Waals surface area contributed by atoms with Gasteiger partial charge < -0.3 is 14.6 Å². The van der Waals surface area contributed by atoms with Gasteiger partial charge >= 0.3 is 5.97 Å². The highest BCUT2D eigenvalue weighted by molar-refractivity contribution is 6.12. The molecule has 37 heavy (non-hydrogen) atoms. The summed E-state index contributed by atoms with van der Waals surface area (Å²) in [6.07, 6.45) is 0. The number of aryl methyl sites for hydroxylation is 1. The fourth-order valence-electron chi connectivity index (χ4n) is 4.60. The molecule has 0 aliphatic carbocycles. The maximum absolute atomic E-state index is 13.8. The summed E-state index contributed by atoms with van der Waals surface area (Å²) in [5.41, 5.74) is 5.54. The minimum absolute atomic E-state index is 0.0199. The number of H-pyrrole nitrogens is 1. The molecule has 1 aliphatic rings. The van der Waals surface area contributed by atoms with Gasteiger partial charge in [-0.2, -0.15) is 5.10 Å². The summed E-state index contributed by atoms with van der Waals surface area (Å²) in [5, 5.41) is 17.8. The normalized spacial score (nSPS) is 14.5. The van der Waals surface area contributed by atoms with Crippen molar-refractivity contribution in [3.63, 3.8) is 0 Å². The number of benzene rings is 3. The fraction of sp³-hybridized carbons (Fsp3) is 0.207. The van der Waals surface area contributed by atoms with Crippen LogP contribution in [0.4, 0.5) is 5.69 Å². The lowest BCUT2D eigenvalue weighted by Crippen LogP contribution is -2.29. The largest absolute Gasteiger partial charge is 0.504 e. The number of ether oxygens (including phenoxy) is 2. The Morgan fingerprint density at radius 1 is 1.03 bits per heavy atom. The third-order valence-corrected chi connectivity index (χ3v) is 6.35. The van der Waals surface area contributed by atoms with Gasteiger partial charge in [0.15, 0.2) is 11.5 Å². The van der Waals surface area contributed by atoms with E-state index in [1.807, 2.05) is 38.1 Å². The third kappa shape index (κ3) is 4.31. The number of nitrogens with zero attached hydrogens (tertiary/aromatic N) is 2. The first kappa shape index (κ1) is 24.1. The maximum Gasteiger partial charge on any atom is 0.338 e. The molecular formula is C29H27N3O5. The average Bonchev–Trinajstić information content (AvgIpc) is 3.45. The Hall–Kier alpha value is -4.59. The van der Waals surface area contributed by atoms with E-state index in [0.717, 1.165) is 22.3 Å². The van der Waals surface area contributed by atoms with Gasteiger partial charge in [0.2, 0.25) is 0 Å². The molecule has 1 atom stereocenters. The SMILES string of the molecule is CCOC(=O)c1ccc(N2C(=O)c3[nH]nc(-c4ccc(C)cc4)c3C2c2ccc(O)c(OCC)c2)cc1. The van der Waals surface area contributed by atoms with E-state index in [-0.39, 0.29) is 18.3 Å². The second-order valence-electron chi connectivity index (χ2n) is 8.73. The molecule has 0 spiro atoms. The zero-order valence-electron chi connectivity index (χ0n) is 20.8. The van der Waals surface area contributed by atoms with Crippen LogP contribution in [0.1, 0.15) is 57.4 Å². The Bertz CT molecular complexity index is 1460. The number of aromatic hydroxyl groups is 1. The lowest BCUT2D eigenvalue weighted by molar-refractivity contribution is 0.0526. The Balaban J connectivity index is 1.65. The van der Waals surface area contributed by atoms with E-state index >= 15 is 0 Å². The van der Waals surface area contributed by atoms with Gasteiger partial charge in [0.1, 0.15) is 5.69 Å². The van der Waals surface area contributed by atoms with E-state index in [4.69, 9.17) is 9.47 Å². The van der Waals surface area contributed by atoms with Crippen molar-refractivity contribution in [3.8, 4) is 22.8 Å². The van der Waals surface area contributed by atoms with Gasteiger partial charge in [-0.05, 0) is 62.7 Å². The van der Waals surface area contributed by atoms with Gasteiger partial charge in [-0.3, -0.25) is 14.8 Å². The Morgan fingerprint density at radius 3 is 2.43 bits per heavy atom. The summed E-state index contributed by atoms with van der Waals surface area (Å²) >= 11 is 0. The Morgan fingerprint density at radius 2 is 1.76 bits per heavy atom. The number of nitrogens with one attached hydrogen (secondary N) is 1. The van der Waals surface area contributed by atoms with E-state index in [1.165, 1.54) is 0 Å². The number of carbonyl (C=O) groups excluding carboxylic acids is 2. The van der Waals surface area contributed by atoms with Crippen molar-refractivity contribution in [1.29, 1.82) is 0 Å². The molecule has 5 rings (SSSR count). The zero-order chi connectivity index (χ0) is 26.1. The summed E-state index contributed by atoms with van der Waals surface area (Å²) in [7, 11) is 0. The zero-order valence-corrected chi connectivity index (χ0v) is 20.8. The maximum atomic E-state index is 13.8. The molecule has 8 heteroatoms. The fourth-order valence-corrected chi connectivity index (χ4v) is 4.60. The number of aromatic amines is 1. The molecule has 8 nitrogen and oxygen atoms in total. The molecule has 188 valence electrons. The first-order valence-corrected chi connectivity index (χ1v) is 12.1. The number of amides is 1. The van der Waals surface area contributed by atoms with Crippen molar-refractivity contribution in [2.75, 3.05) is 18.1 Å². The lowest BCUT2D eigenvalue weighted by Gasteiger charge is -2.27. The van der Waals surface area contributed by atoms with Crippen LogP contribution in [0.15, 0.2) is 66.7 Å². The van der Waals surface area contributed by atoms with Crippen molar-refractivity contribution >= 4 is 17.6 Å². The first-order chi connectivity index (χ1) is 17.9. The molecule has 2 heterocycles. The van der Waals surface area contributed by atoms with Crippen LogP contribution in [0.5, 0.6) is 11.5 Å². The van der Waals surface area contributed by atoms with Crippen LogP contribution in [0.2, 0.25) is 0 Å². The smallest absolute Gasteiger partial charge is 0.338 e. The number of anilines is 1. The molecule has 1 aromatic heterocycles. The number of hydrogen-bond acceptors (Lipinski definition) is 6. The number of carbonyl (C=O) groups is 2. The van der Waals surface area contributed by atoms with Crippen LogP contribution in [-0.2, 0) is 4.74 Å². The predicted molar refractivity (Wildman–Crippen MR) is 139 cm³/mol. The minimum Gasteiger partial charge on any atom is -0.504 e. The number of phenols is 1. The summed E-state index contributed by atoms with van der Waals surface area (Å²) in [5.74, 6) is -0.319. The Kier molecular flexibility index (Phi) is 6.40. The summed E-state index contributed by atoms with van der Waals surface area (Å²) in [4.78, 5) is 27.6. The van der Waals surface area contributed by atoms with Crippen molar-refractivity contribution in [3.05, 3.63) is 94.7 Å². The highest BCUT2D eigenvalue weighted by Crippen LogP contribution is 2.46. The van der Waals surface area contributed by atoms with Gasteiger partial charge in [0.05, 0.1) is 30.5 Å². The molecular weight excluding hydrogens is 470 g/mol. The summed E-state index contributed by atoms with van der Waals surface area (Å²) in [6, 6.07) is 19.2. The van der Waals surface area contributed by atoms with Crippen molar-refractivity contribution in [2.24, 2.45) is 0 Å². The second kappa shape index (κ2) is 9.81. The van der Waals surface area contributed by atoms with Crippen LogP contribution in [0.25, 0.3) is 11.3 Å². The van der Waals surface area contributed by atoms with Crippen LogP contribution in [0, 0.1) is 6.92 Å². The molecule has 2 N–H and O–H groups in total. The molecule has 0 saturated carbocycles. The lowest BCUT2D eigenvalue weighted by atomic mass is 9.95. The number of aromatic nitrogens is 2. The molecule has 0 fully saturated rings. The molecule has 0 bridgehead atoms. The van der Waals surface area contributed by atoms with E-state index in [2.05, 4.69) is 10.2 Å². The molecule has 1 unspecified atom stereocenters. The quantitative estimate of drug-likeness (QED) is 0.331. The van der Waals surface area contributed by atoms with E-state index in [9.17, 15) is 14.7 Å². The van der Waals surface area contributed by atoms with E-state index in [1.54, 1.807) is 54.3 Å². The number of fused-ring (bicyclic) bond motifs is 1. The second-order valence-corrected chi connectivity index (χ2v) is 8.73.